The molecule has 5 heteroatoms. The van der Waals surface area contributed by atoms with Crippen LogP contribution in [0.25, 0.3) is 10.8 Å². The van der Waals surface area contributed by atoms with Crippen LogP contribution in [0.15, 0.2) is 36.4 Å². The standard InChI is InChI=1S/C29H35NO4/c31-27(26-5-2-16-34-26)30-14-12-29(13-15-30)18-25(29)20-8-6-19(7-9-20)21-10-11-23-22(17-21)3-1-4-24(23)28(32)33/h1,3-4,10-11,17,19-20,25-26H,2,5-9,12-16,18H2,(H,32,33)/t19?,20?,25-,26-/m1/s1. The number of carbonyl (C=O) groups excluding carboxylic acids is 1. The fourth-order valence-electron chi connectivity index (χ4n) is 7.37. The summed E-state index contributed by atoms with van der Waals surface area (Å²) in [5.74, 6) is 1.63. The molecule has 5 nitrogen and oxygen atoms in total. The van der Waals surface area contributed by atoms with E-state index < -0.39 is 5.97 Å². The maximum absolute atomic E-state index is 12.7. The van der Waals surface area contributed by atoms with Gasteiger partial charge in [0.25, 0.3) is 5.91 Å². The first kappa shape index (κ1) is 22.1. The lowest BCUT2D eigenvalue weighted by Gasteiger charge is -2.36. The van der Waals surface area contributed by atoms with E-state index in [1.54, 1.807) is 6.07 Å². The van der Waals surface area contributed by atoms with Gasteiger partial charge in [0.15, 0.2) is 0 Å². The van der Waals surface area contributed by atoms with Crippen LogP contribution in [0.4, 0.5) is 0 Å². The summed E-state index contributed by atoms with van der Waals surface area (Å²) in [4.78, 5) is 26.3. The van der Waals surface area contributed by atoms with Crippen molar-refractivity contribution in [3.63, 3.8) is 0 Å². The van der Waals surface area contributed by atoms with Gasteiger partial charge in [-0.25, -0.2) is 4.79 Å². The van der Waals surface area contributed by atoms with Gasteiger partial charge in [-0.2, -0.15) is 0 Å². The topological polar surface area (TPSA) is 66.8 Å². The molecule has 4 fully saturated rings. The molecule has 6 rings (SSSR count). The molecular formula is C29H35NO4. The molecule has 2 saturated carbocycles. The quantitative estimate of drug-likeness (QED) is 0.642. The van der Waals surface area contributed by atoms with E-state index in [1.807, 2.05) is 18.2 Å². The number of aromatic carboxylic acids is 1. The van der Waals surface area contributed by atoms with Crippen LogP contribution < -0.4 is 0 Å². The number of benzene rings is 2. The number of likely N-dealkylation sites (tertiary alicyclic amines) is 1. The maximum atomic E-state index is 12.7. The van der Waals surface area contributed by atoms with Gasteiger partial charge in [-0.05, 0) is 103 Å². The SMILES string of the molecule is O=C(O)c1cccc2cc(C3CCC([C@H]4CC45CCN(C(=O)[C@H]4CCCO4)CC5)CC3)ccc12. The van der Waals surface area contributed by atoms with Gasteiger partial charge in [-0.3, -0.25) is 4.79 Å². The second kappa shape index (κ2) is 8.67. The second-order valence-corrected chi connectivity index (χ2v) is 11.2. The second-order valence-electron chi connectivity index (χ2n) is 11.2. The number of nitrogens with zero attached hydrogens (tertiary/aromatic N) is 1. The monoisotopic (exact) mass is 461 g/mol. The summed E-state index contributed by atoms with van der Waals surface area (Å²) in [6.07, 6.45) is 10.5. The van der Waals surface area contributed by atoms with Crippen molar-refractivity contribution >= 4 is 22.6 Å². The summed E-state index contributed by atoms with van der Waals surface area (Å²) in [5, 5.41) is 11.3. The van der Waals surface area contributed by atoms with Crippen LogP contribution in [0.1, 0.15) is 79.6 Å². The molecule has 0 aromatic heterocycles. The third-order valence-corrected chi connectivity index (χ3v) is 9.48. The smallest absolute Gasteiger partial charge is 0.336 e. The van der Waals surface area contributed by atoms with Crippen molar-refractivity contribution in [3.8, 4) is 0 Å². The van der Waals surface area contributed by atoms with Crippen molar-refractivity contribution in [1.82, 2.24) is 4.90 Å². The normalized spacial score (nSPS) is 30.5. The lowest BCUT2D eigenvalue weighted by Crippen LogP contribution is -2.44. The molecule has 180 valence electrons. The highest BCUT2D eigenvalue weighted by Crippen LogP contribution is 2.65. The van der Waals surface area contributed by atoms with E-state index in [4.69, 9.17) is 4.74 Å². The molecule has 2 aromatic rings. The Balaban J connectivity index is 1.04. The van der Waals surface area contributed by atoms with Crippen LogP contribution in [-0.4, -0.2) is 47.7 Å². The molecule has 1 spiro atoms. The first-order chi connectivity index (χ1) is 16.5. The molecular weight excluding hydrogens is 426 g/mol. The number of fused-ring (bicyclic) bond motifs is 1. The minimum absolute atomic E-state index is 0.176. The predicted octanol–water partition coefficient (Wildman–Crippen LogP) is 5.62. The Morgan fingerprint density at radius 2 is 1.79 bits per heavy atom. The Kier molecular flexibility index (Phi) is 5.63. The molecule has 2 aliphatic carbocycles. The van der Waals surface area contributed by atoms with Crippen molar-refractivity contribution < 1.29 is 19.4 Å². The molecule has 0 unspecified atom stereocenters. The number of rotatable bonds is 4. The summed E-state index contributed by atoms with van der Waals surface area (Å²) in [6, 6.07) is 11.9. The number of amides is 1. The zero-order valence-electron chi connectivity index (χ0n) is 19.9. The molecule has 2 aromatic carbocycles. The lowest BCUT2D eigenvalue weighted by molar-refractivity contribution is -0.142. The number of carbonyl (C=O) groups is 2. The van der Waals surface area contributed by atoms with Gasteiger partial charge < -0.3 is 14.7 Å². The molecule has 2 heterocycles. The average molecular weight is 462 g/mol. The third-order valence-electron chi connectivity index (χ3n) is 9.48. The van der Waals surface area contributed by atoms with Crippen LogP contribution in [0.2, 0.25) is 0 Å². The zero-order valence-corrected chi connectivity index (χ0v) is 19.9. The van der Waals surface area contributed by atoms with Crippen LogP contribution in [0.3, 0.4) is 0 Å². The van der Waals surface area contributed by atoms with Gasteiger partial charge >= 0.3 is 5.97 Å². The Morgan fingerprint density at radius 1 is 1.00 bits per heavy atom. The zero-order chi connectivity index (χ0) is 23.3. The van der Waals surface area contributed by atoms with Crippen molar-refractivity contribution in [2.24, 2.45) is 17.3 Å². The Morgan fingerprint density at radius 3 is 2.50 bits per heavy atom. The largest absolute Gasteiger partial charge is 0.478 e. The fourth-order valence-corrected chi connectivity index (χ4v) is 7.37. The minimum atomic E-state index is -0.862. The van der Waals surface area contributed by atoms with Crippen molar-refractivity contribution in [2.45, 2.75) is 69.8 Å². The highest BCUT2D eigenvalue weighted by Gasteiger charge is 2.58. The van der Waals surface area contributed by atoms with Gasteiger partial charge in [-0.1, -0.05) is 30.3 Å². The summed E-state index contributed by atoms with van der Waals surface area (Å²) in [6.45, 7) is 2.57. The van der Waals surface area contributed by atoms with Crippen molar-refractivity contribution in [2.75, 3.05) is 19.7 Å². The molecule has 4 aliphatic rings. The highest BCUT2D eigenvalue weighted by molar-refractivity contribution is 6.03. The number of carboxylic acids is 1. The van der Waals surface area contributed by atoms with Gasteiger partial charge in [-0.15, -0.1) is 0 Å². The summed E-state index contributed by atoms with van der Waals surface area (Å²) < 4.78 is 5.62. The Bertz CT molecular complexity index is 1090. The van der Waals surface area contributed by atoms with E-state index in [0.29, 0.717) is 16.9 Å². The van der Waals surface area contributed by atoms with Gasteiger partial charge in [0.05, 0.1) is 5.56 Å². The first-order valence-electron chi connectivity index (χ1n) is 13.2. The average Bonchev–Trinajstić information content (AvgIpc) is 3.28. The van der Waals surface area contributed by atoms with E-state index in [0.717, 1.165) is 55.1 Å². The number of ether oxygens (including phenoxy) is 1. The van der Waals surface area contributed by atoms with Gasteiger partial charge in [0, 0.05) is 19.7 Å². The molecule has 2 atom stereocenters. The van der Waals surface area contributed by atoms with Crippen LogP contribution >= 0.6 is 0 Å². The minimum Gasteiger partial charge on any atom is -0.478 e. The molecule has 34 heavy (non-hydrogen) atoms. The number of hydrogen-bond acceptors (Lipinski definition) is 3. The first-order valence-corrected chi connectivity index (χ1v) is 13.2. The Hall–Kier alpha value is -2.40. The van der Waals surface area contributed by atoms with Crippen LogP contribution in [-0.2, 0) is 9.53 Å². The van der Waals surface area contributed by atoms with Gasteiger partial charge in [0.1, 0.15) is 6.10 Å². The molecule has 2 saturated heterocycles. The predicted molar refractivity (Wildman–Crippen MR) is 131 cm³/mol. The van der Waals surface area contributed by atoms with E-state index in [-0.39, 0.29) is 12.0 Å². The number of piperidine rings is 1. The summed E-state index contributed by atoms with van der Waals surface area (Å²) >= 11 is 0. The van der Waals surface area contributed by atoms with E-state index in [1.165, 1.54) is 50.5 Å². The van der Waals surface area contributed by atoms with Crippen molar-refractivity contribution in [1.29, 1.82) is 0 Å². The Labute approximate surface area is 201 Å². The van der Waals surface area contributed by atoms with Gasteiger partial charge in [0.2, 0.25) is 0 Å². The fraction of sp³-hybridized carbons (Fsp3) is 0.586. The maximum Gasteiger partial charge on any atom is 0.336 e. The summed E-state index contributed by atoms with van der Waals surface area (Å²) in [7, 11) is 0. The molecule has 0 bridgehead atoms. The van der Waals surface area contributed by atoms with E-state index in [9.17, 15) is 14.7 Å². The van der Waals surface area contributed by atoms with E-state index in [2.05, 4.69) is 17.0 Å². The van der Waals surface area contributed by atoms with Crippen LogP contribution in [0, 0.1) is 17.3 Å². The molecule has 2 aliphatic heterocycles. The highest BCUT2D eigenvalue weighted by atomic mass is 16.5. The molecule has 0 radical (unpaired) electrons. The number of hydrogen-bond donors (Lipinski definition) is 1. The summed E-state index contributed by atoms with van der Waals surface area (Å²) in [5.41, 5.74) is 2.25. The molecule has 1 N–H and O–H groups in total. The molecule has 1 amide bonds. The third kappa shape index (κ3) is 3.92. The van der Waals surface area contributed by atoms with E-state index >= 15 is 0 Å². The lowest BCUT2D eigenvalue weighted by atomic mass is 9.74. The number of carboxylic acid groups (broad SMARTS) is 1. The van der Waals surface area contributed by atoms with Crippen molar-refractivity contribution in [3.05, 3.63) is 47.5 Å². The van der Waals surface area contributed by atoms with Crippen LogP contribution in [0.5, 0.6) is 0 Å².